The van der Waals surface area contributed by atoms with Gasteiger partial charge in [-0.2, -0.15) is 13.2 Å². The van der Waals surface area contributed by atoms with Crippen LogP contribution in [-0.2, 0) is 15.8 Å². The van der Waals surface area contributed by atoms with Crippen molar-refractivity contribution in [2.75, 3.05) is 6.54 Å². The number of carbonyl (C=O) groups is 4. The second-order valence-electron chi connectivity index (χ2n) is 8.04. The third-order valence-electron chi connectivity index (χ3n) is 6.30. The molecule has 2 bridgehead atoms. The molecular weight excluding hydrogens is 419 g/mol. The third kappa shape index (κ3) is 3.72. The third-order valence-corrected chi connectivity index (χ3v) is 6.30. The van der Waals surface area contributed by atoms with Crippen LogP contribution >= 0.6 is 0 Å². The molecule has 3 fully saturated rings. The van der Waals surface area contributed by atoms with Crippen LogP contribution < -0.4 is 10.4 Å². The molecule has 166 valence electrons. The summed E-state index contributed by atoms with van der Waals surface area (Å²) in [5.74, 6) is -2.44. The number of likely N-dealkylation sites (tertiary alicyclic amines) is 2. The maximum absolute atomic E-state index is 12.9. The summed E-state index contributed by atoms with van der Waals surface area (Å²) in [5.41, 5.74) is -1.18. The Labute approximate surface area is 175 Å². The lowest BCUT2D eigenvalue weighted by Crippen LogP contribution is -2.49. The van der Waals surface area contributed by atoms with Gasteiger partial charge in [-0.25, -0.2) is 0 Å². The van der Waals surface area contributed by atoms with Gasteiger partial charge in [-0.1, -0.05) is 6.07 Å². The zero-order chi connectivity index (χ0) is 22.5. The molecule has 11 heteroatoms. The Morgan fingerprint density at radius 1 is 1.10 bits per heavy atom. The van der Waals surface area contributed by atoms with Gasteiger partial charge in [0.15, 0.2) is 0 Å². The molecule has 2 aliphatic heterocycles. The molecule has 1 aromatic carbocycles. The first kappa shape index (κ1) is 21.1. The smallest absolute Gasteiger partial charge is 0.416 e. The number of carbonyl (C=O) groups excluding carboxylic acids is 4. The highest BCUT2D eigenvalue weighted by atomic mass is 19.4. The van der Waals surface area contributed by atoms with Crippen LogP contribution in [0.25, 0.3) is 0 Å². The summed E-state index contributed by atoms with van der Waals surface area (Å²) in [6, 6.07) is 2.09. The minimum Gasteiger partial charge on any atom is -0.530 e. The Kier molecular flexibility index (Phi) is 5.14. The first-order valence-electron chi connectivity index (χ1n) is 9.90. The van der Waals surface area contributed by atoms with Gasteiger partial charge >= 0.3 is 6.18 Å². The Morgan fingerprint density at radius 3 is 2.52 bits per heavy atom. The molecule has 4 atom stereocenters. The minimum atomic E-state index is -4.59. The highest BCUT2D eigenvalue weighted by Gasteiger charge is 2.51. The summed E-state index contributed by atoms with van der Waals surface area (Å²) < 4.78 is 38.6. The Bertz CT molecular complexity index is 950. The van der Waals surface area contributed by atoms with Crippen molar-refractivity contribution in [1.82, 2.24) is 15.1 Å². The van der Waals surface area contributed by atoms with Crippen LogP contribution in [0.1, 0.15) is 41.6 Å². The number of hydrogen-bond acceptors (Lipinski definition) is 5. The van der Waals surface area contributed by atoms with Gasteiger partial charge in [0.05, 0.1) is 11.5 Å². The number of hydrogen-bond donors (Lipinski definition) is 1. The molecule has 3 aliphatic rings. The SMILES string of the molecule is O=C(N[C@H]1CCN(C2CCC3CC2C(=O)N3C(=O)[O-])C1=O)c1cccc(C(F)(F)F)c1. The van der Waals surface area contributed by atoms with E-state index >= 15 is 0 Å². The highest BCUT2D eigenvalue weighted by molar-refractivity contribution is 5.99. The van der Waals surface area contributed by atoms with E-state index in [2.05, 4.69) is 5.32 Å². The molecule has 0 aromatic heterocycles. The fraction of sp³-hybridized carbons (Fsp3) is 0.500. The molecule has 3 unspecified atom stereocenters. The summed E-state index contributed by atoms with van der Waals surface area (Å²) in [4.78, 5) is 51.2. The highest BCUT2D eigenvalue weighted by Crippen LogP contribution is 2.40. The number of fused-ring (bicyclic) bond motifs is 2. The molecule has 2 saturated heterocycles. The number of nitrogens with one attached hydrogen (secondary N) is 1. The van der Waals surface area contributed by atoms with E-state index in [9.17, 15) is 37.5 Å². The van der Waals surface area contributed by atoms with Gasteiger partial charge < -0.3 is 20.1 Å². The lowest BCUT2D eigenvalue weighted by Gasteiger charge is -2.34. The first-order valence-corrected chi connectivity index (χ1v) is 9.90. The fourth-order valence-corrected chi connectivity index (χ4v) is 4.85. The molecule has 4 amide bonds. The van der Waals surface area contributed by atoms with Crippen molar-refractivity contribution < 1.29 is 37.5 Å². The van der Waals surface area contributed by atoms with Crippen LogP contribution in [-0.4, -0.2) is 58.3 Å². The van der Waals surface area contributed by atoms with Gasteiger partial charge in [0, 0.05) is 24.2 Å². The van der Waals surface area contributed by atoms with Gasteiger partial charge in [-0.05, 0) is 43.9 Å². The summed E-state index contributed by atoms with van der Waals surface area (Å²) in [5, 5.41) is 13.7. The molecule has 4 rings (SSSR count). The molecule has 0 radical (unpaired) electrons. The first-order chi connectivity index (χ1) is 14.6. The van der Waals surface area contributed by atoms with E-state index in [4.69, 9.17) is 0 Å². The number of carboxylic acid groups (broad SMARTS) is 1. The number of benzene rings is 1. The number of rotatable bonds is 3. The second kappa shape index (κ2) is 7.54. The van der Waals surface area contributed by atoms with Gasteiger partial charge in [-0.3, -0.25) is 19.3 Å². The van der Waals surface area contributed by atoms with Crippen molar-refractivity contribution in [3.8, 4) is 0 Å². The number of nitrogens with zero attached hydrogens (tertiary/aromatic N) is 2. The average molecular weight is 438 g/mol. The number of alkyl halides is 3. The van der Waals surface area contributed by atoms with Gasteiger partial charge in [0.25, 0.3) is 5.91 Å². The van der Waals surface area contributed by atoms with Gasteiger partial charge in [0.1, 0.15) is 12.1 Å². The second-order valence-corrected chi connectivity index (χ2v) is 8.04. The zero-order valence-electron chi connectivity index (χ0n) is 16.2. The predicted octanol–water partition coefficient (Wildman–Crippen LogP) is 0.759. The molecule has 1 saturated carbocycles. The van der Waals surface area contributed by atoms with E-state index in [1.165, 1.54) is 11.0 Å². The van der Waals surface area contributed by atoms with Crippen molar-refractivity contribution in [1.29, 1.82) is 0 Å². The molecular formula is C20H19F3N3O5-. The van der Waals surface area contributed by atoms with Crippen molar-refractivity contribution in [3.05, 3.63) is 35.4 Å². The number of amides is 4. The van der Waals surface area contributed by atoms with Gasteiger partial charge in [0.2, 0.25) is 11.8 Å². The molecule has 31 heavy (non-hydrogen) atoms. The van der Waals surface area contributed by atoms with Crippen molar-refractivity contribution >= 4 is 23.8 Å². The summed E-state index contributed by atoms with van der Waals surface area (Å²) >= 11 is 0. The summed E-state index contributed by atoms with van der Waals surface area (Å²) in [6.45, 7) is 0.261. The van der Waals surface area contributed by atoms with Crippen LogP contribution in [0.2, 0.25) is 0 Å². The predicted molar refractivity (Wildman–Crippen MR) is 96.2 cm³/mol. The van der Waals surface area contributed by atoms with Crippen molar-refractivity contribution in [2.24, 2.45) is 5.92 Å². The zero-order valence-corrected chi connectivity index (χ0v) is 16.2. The van der Waals surface area contributed by atoms with E-state index < -0.39 is 59.6 Å². The Hall–Kier alpha value is -3.11. The minimum absolute atomic E-state index is 0.211. The van der Waals surface area contributed by atoms with Crippen molar-refractivity contribution in [3.63, 3.8) is 0 Å². The van der Waals surface area contributed by atoms with E-state index in [1.54, 1.807) is 0 Å². The van der Waals surface area contributed by atoms with E-state index in [0.717, 1.165) is 23.1 Å². The fourth-order valence-electron chi connectivity index (χ4n) is 4.85. The van der Waals surface area contributed by atoms with Crippen LogP contribution in [0, 0.1) is 5.92 Å². The number of halogens is 3. The Balaban J connectivity index is 1.44. The monoisotopic (exact) mass is 438 g/mol. The van der Waals surface area contributed by atoms with E-state index in [0.29, 0.717) is 19.3 Å². The topological polar surface area (TPSA) is 110 Å². The lowest BCUT2D eigenvalue weighted by atomic mass is 9.84. The molecule has 1 aliphatic carbocycles. The molecule has 1 N–H and O–H groups in total. The molecule has 8 nitrogen and oxygen atoms in total. The van der Waals surface area contributed by atoms with Crippen LogP contribution in [0.3, 0.4) is 0 Å². The maximum Gasteiger partial charge on any atom is 0.416 e. The quantitative estimate of drug-likeness (QED) is 0.749. The largest absolute Gasteiger partial charge is 0.530 e. The average Bonchev–Trinajstić information content (AvgIpc) is 3.19. The Morgan fingerprint density at radius 2 is 1.84 bits per heavy atom. The van der Waals surface area contributed by atoms with Crippen molar-refractivity contribution in [2.45, 2.75) is 50.0 Å². The molecule has 1 aromatic rings. The van der Waals surface area contributed by atoms with Crippen LogP contribution in [0.4, 0.5) is 18.0 Å². The van der Waals surface area contributed by atoms with E-state index in [-0.39, 0.29) is 18.5 Å². The normalized spacial score (nSPS) is 28.2. The van der Waals surface area contributed by atoms with Crippen LogP contribution in [0.15, 0.2) is 24.3 Å². The molecule has 0 spiro atoms. The summed E-state index contributed by atoms with van der Waals surface area (Å²) in [6.07, 6.45) is -4.70. The molecule has 2 heterocycles. The lowest BCUT2D eigenvalue weighted by molar-refractivity contribution is -0.264. The summed E-state index contributed by atoms with van der Waals surface area (Å²) in [7, 11) is 0. The standard InChI is InChI=1S/C20H20F3N3O5/c21-20(22,23)11-3-1-2-10(8-11)16(27)24-14-6-7-25(18(14)29)15-5-4-12-9-13(15)17(28)26(12)19(30)31/h1-3,8,12-15H,4-7,9H2,(H,24,27)(H,30,31)/p-1/t12?,13?,14-,15?/m0/s1. The van der Waals surface area contributed by atoms with Crippen LogP contribution in [0.5, 0.6) is 0 Å². The maximum atomic E-state index is 12.9. The van der Waals surface area contributed by atoms with Gasteiger partial charge in [-0.15, -0.1) is 0 Å². The number of imide groups is 1. The van der Waals surface area contributed by atoms with E-state index in [1.807, 2.05) is 0 Å².